The second-order valence-corrected chi connectivity index (χ2v) is 8.02. The minimum absolute atomic E-state index is 0.221. The average molecular weight is 480 g/mol. The smallest absolute Gasteiger partial charge is 0.335 e. The standard InChI is InChI=1S/C25H19BrFNO3/c1-16-5-11-23(28(16)21-4-2-3-18(13-21)25(29)30)22-14-19(26)8-12-24(22)31-15-17-6-9-20(27)10-7-17/h2-14H,15H2,1H3,(H,29,30). The summed E-state index contributed by atoms with van der Waals surface area (Å²) in [6, 6.07) is 22.7. The molecule has 0 amide bonds. The summed E-state index contributed by atoms with van der Waals surface area (Å²) in [5.74, 6) is -0.592. The van der Waals surface area contributed by atoms with Crippen molar-refractivity contribution in [3.05, 3.63) is 106 Å². The Labute approximate surface area is 187 Å². The van der Waals surface area contributed by atoms with Crippen LogP contribution in [0.3, 0.4) is 0 Å². The highest BCUT2D eigenvalue weighted by Crippen LogP contribution is 2.36. The van der Waals surface area contributed by atoms with Gasteiger partial charge in [-0.1, -0.05) is 34.1 Å². The molecule has 0 atom stereocenters. The molecule has 1 N–H and O–H groups in total. The molecule has 4 nitrogen and oxygen atoms in total. The van der Waals surface area contributed by atoms with Crippen LogP contribution in [-0.2, 0) is 6.61 Å². The van der Waals surface area contributed by atoms with E-state index in [-0.39, 0.29) is 11.4 Å². The molecule has 3 aromatic carbocycles. The third-order valence-corrected chi connectivity index (χ3v) is 5.45. The fraction of sp³-hybridized carbons (Fsp3) is 0.0800. The molecule has 4 aromatic rings. The van der Waals surface area contributed by atoms with Crippen molar-refractivity contribution in [2.45, 2.75) is 13.5 Å². The van der Waals surface area contributed by atoms with Gasteiger partial charge in [-0.25, -0.2) is 9.18 Å². The molecule has 0 aliphatic rings. The van der Waals surface area contributed by atoms with Crippen LogP contribution in [-0.4, -0.2) is 15.6 Å². The molecule has 0 unspecified atom stereocenters. The molecule has 1 aromatic heterocycles. The van der Waals surface area contributed by atoms with Gasteiger partial charge in [-0.15, -0.1) is 0 Å². The number of halogens is 2. The third kappa shape index (κ3) is 4.54. The zero-order valence-electron chi connectivity index (χ0n) is 16.7. The maximum Gasteiger partial charge on any atom is 0.335 e. The van der Waals surface area contributed by atoms with Gasteiger partial charge in [-0.3, -0.25) is 0 Å². The van der Waals surface area contributed by atoms with Gasteiger partial charge in [0.15, 0.2) is 0 Å². The lowest BCUT2D eigenvalue weighted by molar-refractivity contribution is 0.0697. The van der Waals surface area contributed by atoms with Crippen molar-refractivity contribution < 1.29 is 19.0 Å². The van der Waals surface area contributed by atoms with Crippen molar-refractivity contribution in [3.8, 4) is 22.7 Å². The molecule has 0 saturated heterocycles. The second-order valence-electron chi connectivity index (χ2n) is 7.11. The van der Waals surface area contributed by atoms with E-state index >= 15 is 0 Å². The zero-order chi connectivity index (χ0) is 22.0. The van der Waals surface area contributed by atoms with Crippen molar-refractivity contribution in [2.24, 2.45) is 0 Å². The van der Waals surface area contributed by atoms with E-state index in [0.717, 1.165) is 32.7 Å². The molecule has 0 spiro atoms. The molecule has 1 heterocycles. The lowest BCUT2D eigenvalue weighted by Gasteiger charge is -2.16. The summed E-state index contributed by atoms with van der Waals surface area (Å²) in [6.45, 7) is 2.26. The van der Waals surface area contributed by atoms with E-state index in [0.29, 0.717) is 12.4 Å². The number of hydrogen-bond donors (Lipinski definition) is 1. The third-order valence-electron chi connectivity index (χ3n) is 4.95. The quantitative estimate of drug-likeness (QED) is 0.337. The molecule has 0 aliphatic heterocycles. The van der Waals surface area contributed by atoms with E-state index in [1.54, 1.807) is 30.3 Å². The maximum absolute atomic E-state index is 13.2. The molecule has 0 bridgehead atoms. The number of carbonyl (C=O) groups is 1. The summed E-state index contributed by atoms with van der Waals surface area (Å²) in [6.07, 6.45) is 0. The summed E-state index contributed by atoms with van der Waals surface area (Å²) in [5, 5.41) is 9.38. The van der Waals surface area contributed by atoms with Gasteiger partial charge in [0.05, 0.1) is 11.3 Å². The number of aryl methyl sites for hydroxylation is 1. The van der Waals surface area contributed by atoms with Crippen LogP contribution < -0.4 is 4.74 Å². The summed E-state index contributed by atoms with van der Waals surface area (Å²) in [7, 11) is 0. The molecule has 156 valence electrons. The summed E-state index contributed by atoms with van der Waals surface area (Å²) in [5.41, 5.74) is 4.51. The highest BCUT2D eigenvalue weighted by Gasteiger charge is 2.16. The van der Waals surface area contributed by atoms with E-state index in [4.69, 9.17) is 4.74 Å². The lowest BCUT2D eigenvalue weighted by Crippen LogP contribution is -2.04. The van der Waals surface area contributed by atoms with Crippen LogP contribution in [0.5, 0.6) is 5.75 Å². The number of hydrogen-bond acceptors (Lipinski definition) is 2. The van der Waals surface area contributed by atoms with Gasteiger partial charge >= 0.3 is 5.97 Å². The van der Waals surface area contributed by atoms with Crippen molar-refractivity contribution in [1.82, 2.24) is 4.57 Å². The van der Waals surface area contributed by atoms with Crippen LogP contribution in [0, 0.1) is 12.7 Å². The van der Waals surface area contributed by atoms with Gasteiger partial charge in [0.2, 0.25) is 0 Å². The van der Waals surface area contributed by atoms with Crippen molar-refractivity contribution >= 4 is 21.9 Å². The average Bonchev–Trinajstić information content (AvgIpc) is 3.15. The Kier molecular flexibility index (Phi) is 5.91. The molecule has 0 radical (unpaired) electrons. The zero-order valence-corrected chi connectivity index (χ0v) is 18.3. The lowest BCUT2D eigenvalue weighted by atomic mass is 10.1. The minimum Gasteiger partial charge on any atom is -0.488 e. The first-order valence-electron chi connectivity index (χ1n) is 9.61. The van der Waals surface area contributed by atoms with E-state index in [9.17, 15) is 14.3 Å². The summed E-state index contributed by atoms with van der Waals surface area (Å²) < 4.78 is 22.2. The Morgan fingerprint density at radius 3 is 2.55 bits per heavy atom. The first-order valence-corrected chi connectivity index (χ1v) is 10.4. The van der Waals surface area contributed by atoms with Crippen LogP contribution in [0.1, 0.15) is 21.6 Å². The molecule has 6 heteroatoms. The molecule has 4 rings (SSSR count). The number of rotatable bonds is 6. The largest absolute Gasteiger partial charge is 0.488 e. The first-order chi connectivity index (χ1) is 14.9. The maximum atomic E-state index is 13.2. The van der Waals surface area contributed by atoms with Gasteiger partial charge in [-0.05, 0) is 73.2 Å². The molecular formula is C25H19BrFNO3. The minimum atomic E-state index is -0.973. The Balaban J connectivity index is 1.75. The Hall–Kier alpha value is -3.38. The molecule has 0 fully saturated rings. The number of benzene rings is 3. The normalized spacial score (nSPS) is 10.8. The van der Waals surface area contributed by atoms with Crippen LogP contribution >= 0.6 is 15.9 Å². The molecule has 31 heavy (non-hydrogen) atoms. The highest BCUT2D eigenvalue weighted by atomic mass is 79.9. The fourth-order valence-electron chi connectivity index (χ4n) is 3.44. The fourth-order valence-corrected chi connectivity index (χ4v) is 3.80. The van der Waals surface area contributed by atoms with Gasteiger partial charge in [0.1, 0.15) is 18.2 Å². The number of carboxylic acid groups (broad SMARTS) is 1. The number of aromatic nitrogens is 1. The van der Waals surface area contributed by atoms with Gasteiger partial charge in [-0.2, -0.15) is 0 Å². The van der Waals surface area contributed by atoms with Crippen LogP contribution in [0.4, 0.5) is 4.39 Å². The molecule has 0 saturated carbocycles. The van der Waals surface area contributed by atoms with Crippen LogP contribution in [0.25, 0.3) is 16.9 Å². The van der Waals surface area contributed by atoms with Crippen LogP contribution in [0.2, 0.25) is 0 Å². The van der Waals surface area contributed by atoms with Gasteiger partial charge in [0, 0.05) is 21.4 Å². The predicted octanol–water partition coefficient (Wildman–Crippen LogP) is 6.63. The molecule has 0 aliphatic carbocycles. The van der Waals surface area contributed by atoms with E-state index in [2.05, 4.69) is 15.9 Å². The number of nitrogens with zero attached hydrogens (tertiary/aromatic N) is 1. The monoisotopic (exact) mass is 479 g/mol. The number of aromatic carboxylic acids is 1. The second kappa shape index (κ2) is 8.78. The summed E-state index contributed by atoms with van der Waals surface area (Å²) >= 11 is 3.53. The van der Waals surface area contributed by atoms with Crippen molar-refractivity contribution in [2.75, 3.05) is 0 Å². The van der Waals surface area contributed by atoms with Crippen molar-refractivity contribution in [3.63, 3.8) is 0 Å². The Bertz CT molecular complexity index is 1250. The van der Waals surface area contributed by atoms with Gasteiger partial charge < -0.3 is 14.4 Å². The topological polar surface area (TPSA) is 51.5 Å². The predicted molar refractivity (Wildman–Crippen MR) is 121 cm³/mol. The van der Waals surface area contributed by atoms with E-state index in [1.165, 1.54) is 12.1 Å². The first kappa shape index (κ1) is 20.9. The van der Waals surface area contributed by atoms with E-state index in [1.807, 2.05) is 47.9 Å². The summed E-state index contributed by atoms with van der Waals surface area (Å²) in [4.78, 5) is 11.4. The van der Waals surface area contributed by atoms with E-state index < -0.39 is 5.97 Å². The highest BCUT2D eigenvalue weighted by molar-refractivity contribution is 9.10. The number of ether oxygens (including phenoxy) is 1. The van der Waals surface area contributed by atoms with Crippen molar-refractivity contribution in [1.29, 1.82) is 0 Å². The van der Waals surface area contributed by atoms with Crippen LogP contribution in [0.15, 0.2) is 83.3 Å². The van der Waals surface area contributed by atoms with Gasteiger partial charge in [0.25, 0.3) is 0 Å². The molecular weight excluding hydrogens is 461 g/mol. The SMILES string of the molecule is Cc1ccc(-c2cc(Br)ccc2OCc2ccc(F)cc2)n1-c1cccc(C(=O)O)c1. The Morgan fingerprint density at radius 1 is 1.03 bits per heavy atom. The number of carboxylic acids is 1. The Morgan fingerprint density at radius 2 is 1.81 bits per heavy atom.